The van der Waals surface area contributed by atoms with Crippen LogP contribution in [0.25, 0.3) is 0 Å². The minimum Gasteiger partial charge on any atom is -0.427 e. The van der Waals surface area contributed by atoms with Gasteiger partial charge in [0.15, 0.2) is 8.32 Å². The van der Waals surface area contributed by atoms with Crippen LogP contribution in [0.2, 0.25) is 32.2 Å². The van der Waals surface area contributed by atoms with E-state index < -0.39 is 16.4 Å². The van der Waals surface area contributed by atoms with Crippen LogP contribution in [-0.4, -0.2) is 28.0 Å². The van der Waals surface area contributed by atoms with Crippen LogP contribution in [0, 0.1) is 7.43 Å². The quantitative estimate of drug-likeness (QED) is 0.121. The third-order valence-electron chi connectivity index (χ3n) is 5.39. The van der Waals surface area contributed by atoms with Crippen LogP contribution >= 0.6 is 0 Å². The van der Waals surface area contributed by atoms with Crippen molar-refractivity contribution in [3.63, 3.8) is 0 Å². The van der Waals surface area contributed by atoms with Gasteiger partial charge < -0.3 is 16.6 Å². The monoisotopic (exact) mass is 590 g/mol. The van der Waals surface area contributed by atoms with E-state index in [0.29, 0.717) is 5.75 Å². The molecule has 0 bridgehead atoms. The largest absolute Gasteiger partial charge is 0.427 e. The van der Waals surface area contributed by atoms with Crippen LogP contribution in [-0.2, 0) is 60.4 Å². The molecule has 0 N–H and O–H groups in total. The molecule has 3 nitrogen and oxygen atoms in total. The Balaban J connectivity index is 0. The summed E-state index contributed by atoms with van der Waals surface area (Å²) in [5.74, 6) is 0.327. The number of hydrogen-bond acceptors (Lipinski definition) is 3. The van der Waals surface area contributed by atoms with E-state index in [0.717, 1.165) is 24.6 Å². The number of hydrogen-bond donors (Lipinski definition) is 0. The fourth-order valence-corrected chi connectivity index (χ4v) is 11.7. The van der Waals surface area contributed by atoms with Crippen molar-refractivity contribution in [1.82, 2.24) is 0 Å². The molecule has 0 fully saturated rings. The van der Waals surface area contributed by atoms with Gasteiger partial charge in [-0.25, -0.2) is 0 Å². The molecule has 0 aliphatic rings. The summed E-state index contributed by atoms with van der Waals surface area (Å²) < 4.78 is 12.0. The summed E-state index contributed by atoms with van der Waals surface area (Å²) in [6, 6.07) is 20.2. The molecule has 0 unspecified atom stereocenters. The number of benzene rings is 2. The standard InChI is InChI=1S/C26H40O3Si2.C2H6.CH3.Y/c1-9-22-10-12-24(13-11-22)19-31(7,8)29-26(3,4)20-30(5,6)18-23-14-16-25(17-15-23)28-21(2)27;1-2;;/h10-17H,9,18-20H2,1-8H3;1-2H3;1H3;/q;;-1;. The van der Waals surface area contributed by atoms with Crippen molar-refractivity contribution in [2.24, 2.45) is 0 Å². The average molecular weight is 591 g/mol. The first kappa shape index (κ1) is 36.6. The Bertz CT molecular complexity index is 861. The molecule has 0 aliphatic heterocycles. The Kier molecular flexibility index (Phi) is 17.0. The van der Waals surface area contributed by atoms with E-state index in [1.54, 1.807) is 0 Å². The molecule has 0 amide bonds. The summed E-state index contributed by atoms with van der Waals surface area (Å²) in [4.78, 5) is 11.1. The van der Waals surface area contributed by atoms with Crippen molar-refractivity contribution < 1.29 is 46.7 Å². The number of esters is 1. The predicted octanol–water partition coefficient (Wildman–Crippen LogP) is 8.22. The molecule has 2 aromatic rings. The van der Waals surface area contributed by atoms with Crippen molar-refractivity contribution in [3.8, 4) is 5.75 Å². The van der Waals surface area contributed by atoms with Gasteiger partial charge in [0.1, 0.15) is 5.75 Å². The predicted molar refractivity (Wildman–Crippen MR) is 154 cm³/mol. The second kappa shape index (κ2) is 16.3. The fourth-order valence-electron chi connectivity index (χ4n) is 4.81. The summed E-state index contributed by atoms with van der Waals surface area (Å²) in [6.45, 7) is 21.7. The molecule has 1 radical (unpaired) electrons. The van der Waals surface area contributed by atoms with Crippen molar-refractivity contribution in [1.29, 1.82) is 0 Å². The zero-order valence-electron chi connectivity index (χ0n) is 24.2. The molecule has 195 valence electrons. The molecule has 0 saturated carbocycles. The first-order valence-electron chi connectivity index (χ1n) is 12.3. The molecule has 0 aromatic heterocycles. The van der Waals surface area contributed by atoms with E-state index in [2.05, 4.69) is 83.4 Å². The summed E-state index contributed by atoms with van der Waals surface area (Å²) in [7, 11) is -3.39. The number of aryl methyl sites for hydroxylation is 1. The first-order valence-corrected chi connectivity index (χ1v) is 18.9. The number of carbonyl (C=O) groups is 1. The maximum absolute atomic E-state index is 11.1. The van der Waals surface area contributed by atoms with E-state index in [-0.39, 0.29) is 51.7 Å². The maximum atomic E-state index is 11.1. The van der Waals surface area contributed by atoms with Crippen LogP contribution in [0.3, 0.4) is 0 Å². The van der Waals surface area contributed by atoms with Crippen LogP contribution in [0.4, 0.5) is 0 Å². The number of rotatable bonds is 10. The van der Waals surface area contributed by atoms with Gasteiger partial charge in [0.05, 0.1) is 8.07 Å². The Labute approximate surface area is 243 Å². The van der Waals surface area contributed by atoms with Crippen molar-refractivity contribution in [3.05, 3.63) is 72.6 Å². The average Bonchev–Trinajstić information content (AvgIpc) is 2.69. The van der Waals surface area contributed by atoms with Crippen molar-refractivity contribution in [2.75, 3.05) is 0 Å². The molecule has 0 aliphatic carbocycles. The van der Waals surface area contributed by atoms with E-state index in [1.807, 2.05) is 26.0 Å². The van der Waals surface area contributed by atoms with Gasteiger partial charge >= 0.3 is 5.97 Å². The molecule has 0 atom stereocenters. The zero-order chi connectivity index (χ0) is 25.3. The van der Waals surface area contributed by atoms with E-state index in [1.165, 1.54) is 23.6 Å². The summed E-state index contributed by atoms with van der Waals surface area (Å²) in [5, 5.41) is 0. The van der Waals surface area contributed by atoms with Gasteiger partial charge in [-0.1, -0.05) is 75.8 Å². The summed E-state index contributed by atoms with van der Waals surface area (Å²) in [5.41, 5.74) is 3.94. The van der Waals surface area contributed by atoms with E-state index in [9.17, 15) is 4.79 Å². The third kappa shape index (κ3) is 14.7. The molecule has 0 heterocycles. The molecule has 35 heavy (non-hydrogen) atoms. The molecule has 2 aromatic carbocycles. The molecular formula is C29H49O3Si2Y-. The van der Waals surface area contributed by atoms with Crippen LogP contribution in [0.15, 0.2) is 48.5 Å². The normalized spacial score (nSPS) is 11.4. The SMILES string of the molecule is CC.CCc1ccc(C[Si](C)(C)OC(C)(C)C[Si](C)(C)Cc2ccc(OC(C)=O)cc2)cc1.[CH3-].[Y]. The molecule has 0 saturated heterocycles. The Morgan fingerprint density at radius 2 is 1.26 bits per heavy atom. The maximum Gasteiger partial charge on any atom is 0.308 e. The molecule has 2 rings (SSSR count). The second-order valence-corrected chi connectivity index (χ2v) is 19.8. The molecular weight excluding hydrogens is 541 g/mol. The van der Waals surface area contributed by atoms with Crippen LogP contribution in [0.1, 0.15) is 58.2 Å². The van der Waals surface area contributed by atoms with Gasteiger partial charge in [0.25, 0.3) is 0 Å². The van der Waals surface area contributed by atoms with Crippen LogP contribution in [0.5, 0.6) is 5.75 Å². The van der Waals surface area contributed by atoms with Gasteiger partial charge in [0, 0.05) is 45.2 Å². The van der Waals surface area contributed by atoms with Crippen molar-refractivity contribution >= 4 is 22.4 Å². The number of carbonyl (C=O) groups excluding carboxylic acids is 1. The van der Waals surface area contributed by atoms with E-state index >= 15 is 0 Å². The van der Waals surface area contributed by atoms with E-state index in [4.69, 9.17) is 9.16 Å². The number of ether oxygens (including phenoxy) is 1. The summed E-state index contributed by atoms with van der Waals surface area (Å²) >= 11 is 0. The van der Waals surface area contributed by atoms with Gasteiger partial charge in [0.2, 0.25) is 0 Å². The Hall–Kier alpha value is -0.592. The topological polar surface area (TPSA) is 35.5 Å². The van der Waals surface area contributed by atoms with Crippen molar-refractivity contribution in [2.45, 2.75) is 97.9 Å². The van der Waals surface area contributed by atoms with Gasteiger partial charge in [-0.15, -0.1) is 0 Å². The van der Waals surface area contributed by atoms with Gasteiger partial charge in [-0.05, 0) is 74.8 Å². The zero-order valence-corrected chi connectivity index (χ0v) is 29.1. The van der Waals surface area contributed by atoms with Gasteiger partial charge in [-0.2, -0.15) is 0 Å². The Morgan fingerprint density at radius 1 is 0.829 bits per heavy atom. The fraction of sp³-hybridized carbons (Fsp3) is 0.517. The molecule has 0 spiro atoms. The minimum absolute atomic E-state index is 0. The smallest absolute Gasteiger partial charge is 0.308 e. The third-order valence-corrected chi connectivity index (χ3v) is 10.9. The van der Waals surface area contributed by atoms with Crippen LogP contribution < -0.4 is 4.74 Å². The minimum atomic E-state index is -1.85. The molecule has 6 heteroatoms. The Morgan fingerprint density at radius 3 is 1.71 bits per heavy atom. The van der Waals surface area contributed by atoms with Gasteiger partial charge in [-0.3, -0.25) is 4.79 Å². The second-order valence-electron chi connectivity index (χ2n) is 10.7. The summed E-state index contributed by atoms with van der Waals surface area (Å²) in [6.07, 6.45) is 1.08. The first-order chi connectivity index (χ1) is 15.3.